The SMILES string of the molecule is CCCCC(CC)C(=O)Cc1ccc(I)cc1. The van der Waals surface area contributed by atoms with Gasteiger partial charge in [-0.3, -0.25) is 4.79 Å². The van der Waals surface area contributed by atoms with Gasteiger partial charge in [0.15, 0.2) is 0 Å². The van der Waals surface area contributed by atoms with Crippen molar-refractivity contribution in [2.75, 3.05) is 0 Å². The summed E-state index contributed by atoms with van der Waals surface area (Å²) in [5.41, 5.74) is 1.14. The molecule has 0 heterocycles. The summed E-state index contributed by atoms with van der Waals surface area (Å²) < 4.78 is 1.22. The molecular weight excluding hydrogens is 323 g/mol. The van der Waals surface area contributed by atoms with Gasteiger partial charge in [0.2, 0.25) is 0 Å². The Bertz CT molecular complexity index is 342. The smallest absolute Gasteiger partial charge is 0.140 e. The summed E-state index contributed by atoms with van der Waals surface area (Å²) in [7, 11) is 0. The fraction of sp³-hybridized carbons (Fsp3) is 0.533. The molecule has 0 aromatic heterocycles. The van der Waals surface area contributed by atoms with E-state index in [1.807, 2.05) is 0 Å². The summed E-state index contributed by atoms with van der Waals surface area (Å²) in [6.45, 7) is 4.29. The first-order valence-corrected chi connectivity index (χ1v) is 7.52. The zero-order chi connectivity index (χ0) is 12.7. The topological polar surface area (TPSA) is 17.1 Å². The number of Topliss-reactive ketones (excluding diaryl/α,β-unsaturated/α-hetero) is 1. The molecule has 0 bridgehead atoms. The highest BCUT2D eigenvalue weighted by molar-refractivity contribution is 14.1. The van der Waals surface area contributed by atoms with E-state index >= 15 is 0 Å². The Morgan fingerprint density at radius 2 is 1.88 bits per heavy atom. The molecule has 94 valence electrons. The predicted octanol–water partition coefficient (Wildman–Crippen LogP) is 4.62. The molecule has 0 fully saturated rings. The molecule has 1 aromatic rings. The van der Waals surface area contributed by atoms with Gasteiger partial charge < -0.3 is 0 Å². The van der Waals surface area contributed by atoms with Crippen molar-refractivity contribution in [1.82, 2.24) is 0 Å². The number of unbranched alkanes of at least 4 members (excludes halogenated alkanes) is 1. The number of hydrogen-bond donors (Lipinski definition) is 0. The van der Waals surface area contributed by atoms with E-state index in [9.17, 15) is 4.79 Å². The minimum Gasteiger partial charge on any atom is -0.299 e. The van der Waals surface area contributed by atoms with E-state index < -0.39 is 0 Å². The van der Waals surface area contributed by atoms with Crippen LogP contribution in [0.4, 0.5) is 0 Å². The van der Waals surface area contributed by atoms with Crippen LogP contribution in [0.15, 0.2) is 24.3 Å². The number of carbonyl (C=O) groups is 1. The third-order valence-corrected chi connectivity index (χ3v) is 3.87. The zero-order valence-corrected chi connectivity index (χ0v) is 12.9. The second-order valence-corrected chi connectivity index (χ2v) is 5.76. The van der Waals surface area contributed by atoms with Gasteiger partial charge in [0, 0.05) is 15.9 Å². The normalized spacial score (nSPS) is 12.4. The van der Waals surface area contributed by atoms with Gasteiger partial charge in [-0.05, 0) is 53.1 Å². The summed E-state index contributed by atoms with van der Waals surface area (Å²) in [6, 6.07) is 8.25. The fourth-order valence-electron chi connectivity index (χ4n) is 1.99. The zero-order valence-electron chi connectivity index (χ0n) is 10.7. The number of carbonyl (C=O) groups excluding carboxylic acids is 1. The van der Waals surface area contributed by atoms with Crippen LogP contribution < -0.4 is 0 Å². The molecule has 0 saturated carbocycles. The first-order chi connectivity index (χ1) is 8.17. The molecule has 17 heavy (non-hydrogen) atoms. The summed E-state index contributed by atoms with van der Waals surface area (Å²) in [6.07, 6.45) is 4.96. The van der Waals surface area contributed by atoms with E-state index in [0.29, 0.717) is 12.2 Å². The highest BCUT2D eigenvalue weighted by atomic mass is 127. The molecule has 0 aliphatic carbocycles. The number of ketones is 1. The van der Waals surface area contributed by atoms with E-state index in [2.05, 4.69) is 60.7 Å². The summed E-state index contributed by atoms with van der Waals surface area (Å²) in [5.74, 6) is 0.663. The molecule has 1 nitrogen and oxygen atoms in total. The van der Waals surface area contributed by atoms with Crippen LogP contribution >= 0.6 is 22.6 Å². The predicted molar refractivity (Wildman–Crippen MR) is 81.2 cm³/mol. The van der Waals surface area contributed by atoms with E-state index in [1.165, 1.54) is 9.99 Å². The lowest BCUT2D eigenvalue weighted by molar-refractivity contribution is -0.122. The van der Waals surface area contributed by atoms with Crippen molar-refractivity contribution in [3.63, 3.8) is 0 Å². The molecule has 0 aliphatic heterocycles. The number of benzene rings is 1. The lowest BCUT2D eigenvalue weighted by Gasteiger charge is -2.13. The summed E-state index contributed by atoms with van der Waals surface area (Å²) >= 11 is 2.28. The lowest BCUT2D eigenvalue weighted by atomic mass is 9.91. The van der Waals surface area contributed by atoms with E-state index in [4.69, 9.17) is 0 Å². The molecular formula is C15H21IO. The molecule has 0 radical (unpaired) electrons. The van der Waals surface area contributed by atoms with Crippen molar-refractivity contribution in [2.45, 2.75) is 46.0 Å². The highest BCUT2D eigenvalue weighted by Crippen LogP contribution is 2.17. The minimum absolute atomic E-state index is 0.259. The molecule has 0 saturated heterocycles. The van der Waals surface area contributed by atoms with Crippen LogP contribution in [0.3, 0.4) is 0 Å². The average molecular weight is 344 g/mol. The van der Waals surface area contributed by atoms with Crippen LogP contribution in [-0.4, -0.2) is 5.78 Å². The van der Waals surface area contributed by atoms with Crippen molar-refractivity contribution >= 4 is 28.4 Å². The molecule has 0 spiro atoms. The minimum atomic E-state index is 0.259. The number of rotatable bonds is 7. The van der Waals surface area contributed by atoms with Crippen molar-refractivity contribution in [1.29, 1.82) is 0 Å². The maximum Gasteiger partial charge on any atom is 0.140 e. The second-order valence-electron chi connectivity index (χ2n) is 4.52. The molecule has 2 heteroatoms. The largest absolute Gasteiger partial charge is 0.299 e. The second kappa shape index (κ2) is 7.85. The Morgan fingerprint density at radius 1 is 1.24 bits per heavy atom. The van der Waals surface area contributed by atoms with Gasteiger partial charge in [-0.2, -0.15) is 0 Å². The fourth-order valence-corrected chi connectivity index (χ4v) is 2.35. The summed E-state index contributed by atoms with van der Waals surface area (Å²) in [5, 5.41) is 0. The molecule has 0 N–H and O–H groups in total. The Morgan fingerprint density at radius 3 is 2.41 bits per heavy atom. The van der Waals surface area contributed by atoms with E-state index in [1.54, 1.807) is 0 Å². The van der Waals surface area contributed by atoms with Crippen LogP contribution in [0.5, 0.6) is 0 Å². The Kier molecular flexibility index (Phi) is 6.78. The van der Waals surface area contributed by atoms with Gasteiger partial charge >= 0.3 is 0 Å². The Balaban J connectivity index is 2.54. The molecule has 1 aromatic carbocycles. The highest BCUT2D eigenvalue weighted by Gasteiger charge is 2.15. The van der Waals surface area contributed by atoms with Gasteiger partial charge in [-0.25, -0.2) is 0 Å². The van der Waals surface area contributed by atoms with Gasteiger partial charge in [0.1, 0.15) is 5.78 Å². The van der Waals surface area contributed by atoms with E-state index in [0.717, 1.165) is 24.8 Å². The standard InChI is InChI=1S/C15H21IO/c1-3-5-6-13(4-2)15(17)11-12-7-9-14(16)10-8-12/h7-10,13H,3-6,11H2,1-2H3. The van der Waals surface area contributed by atoms with Crippen LogP contribution in [0.25, 0.3) is 0 Å². The van der Waals surface area contributed by atoms with Crippen LogP contribution in [0.2, 0.25) is 0 Å². The molecule has 0 aliphatic rings. The lowest BCUT2D eigenvalue weighted by Crippen LogP contribution is -2.16. The van der Waals surface area contributed by atoms with Crippen LogP contribution in [-0.2, 0) is 11.2 Å². The molecule has 1 rings (SSSR count). The maximum atomic E-state index is 12.1. The third kappa shape index (κ3) is 5.19. The molecule has 1 atom stereocenters. The van der Waals surface area contributed by atoms with Crippen molar-refractivity contribution < 1.29 is 4.79 Å². The quantitative estimate of drug-likeness (QED) is 0.660. The maximum absolute atomic E-state index is 12.1. The third-order valence-electron chi connectivity index (χ3n) is 3.15. The average Bonchev–Trinajstić information content (AvgIpc) is 2.33. The Labute approximate surface area is 118 Å². The van der Waals surface area contributed by atoms with Gasteiger partial charge in [0.05, 0.1) is 0 Å². The number of hydrogen-bond acceptors (Lipinski definition) is 1. The molecule has 1 unspecified atom stereocenters. The van der Waals surface area contributed by atoms with E-state index in [-0.39, 0.29) is 5.92 Å². The first kappa shape index (κ1) is 14.7. The molecule has 0 amide bonds. The van der Waals surface area contributed by atoms with Crippen molar-refractivity contribution in [2.24, 2.45) is 5.92 Å². The number of halogens is 1. The first-order valence-electron chi connectivity index (χ1n) is 6.44. The van der Waals surface area contributed by atoms with Crippen molar-refractivity contribution in [3.05, 3.63) is 33.4 Å². The van der Waals surface area contributed by atoms with Crippen molar-refractivity contribution in [3.8, 4) is 0 Å². The van der Waals surface area contributed by atoms with Gasteiger partial charge in [0.25, 0.3) is 0 Å². The Hall–Kier alpha value is -0.380. The summed E-state index contributed by atoms with van der Waals surface area (Å²) in [4.78, 5) is 12.1. The van der Waals surface area contributed by atoms with Crippen LogP contribution in [0.1, 0.15) is 45.1 Å². The monoisotopic (exact) mass is 344 g/mol. The van der Waals surface area contributed by atoms with Gasteiger partial charge in [-0.15, -0.1) is 0 Å². The van der Waals surface area contributed by atoms with Crippen LogP contribution in [0, 0.1) is 9.49 Å². The van der Waals surface area contributed by atoms with Gasteiger partial charge in [-0.1, -0.05) is 38.8 Å².